The summed E-state index contributed by atoms with van der Waals surface area (Å²) in [5.74, 6) is -0.332. The number of nitrogens with one attached hydrogen (secondary N) is 2. The van der Waals surface area contributed by atoms with Gasteiger partial charge in [-0.3, -0.25) is 9.59 Å². The van der Waals surface area contributed by atoms with E-state index in [1.807, 2.05) is 6.07 Å². The molecule has 0 heterocycles. The first-order valence-electron chi connectivity index (χ1n) is 7.42. The molecule has 0 bridgehead atoms. The molecule has 0 aliphatic heterocycles. The van der Waals surface area contributed by atoms with Crippen molar-refractivity contribution in [3.63, 3.8) is 0 Å². The lowest BCUT2D eigenvalue weighted by molar-refractivity contribution is -0.114. The SMILES string of the molecule is CC(=O)Nc1cccc(C(=O)Nc2ccc3c(c2)CCC3)c1. The van der Waals surface area contributed by atoms with Gasteiger partial charge in [-0.25, -0.2) is 0 Å². The lowest BCUT2D eigenvalue weighted by Crippen LogP contribution is -2.13. The molecule has 2 N–H and O–H groups in total. The van der Waals surface area contributed by atoms with Crippen LogP contribution in [0.25, 0.3) is 0 Å². The molecule has 0 unspecified atom stereocenters. The Hall–Kier alpha value is -2.62. The molecule has 0 atom stereocenters. The van der Waals surface area contributed by atoms with Gasteiger partial charge in [0.25, 0.3) is 5.91 Å². The lowest BCUT2D eigenvalue weighted by atomic mass is 10.1. The van der Waals surface area contributed by atoms with Crippen LogP contribution in [0.4, 0.5) is 11.4 Å². The standard InChI is InChI=1S/C18H18N2O2/c1-12(21)19-16-7-3-6-15(11-16)18(22)20-17-9-8-13-4-2-5-14(13)10-17/h3,6-11H,2,4-5H2,1H3,(H,19,21)(H,20,22). The van der Waals surface area contributed by atoms with Crippen LogP contribution >= 0.6 is 0 Å². The number of hydrogen-bond donors (Lipinski definition) is 2. The van der Waals surface area contributed by atoms with Crippen molar-refractivity contribution in [2.75, 3.05) is 10.6 Å². The van der Waals surface area contributed by atoms with E-state index in [-0.39, 0.29) is 11.8 Å². The summed E-state index contributed by atoms with van der Waals surface area (Å²) < 4.78 is 0. The van der Waals surface area contributed by atoms with Crippen LogP contribution in [-0.4, -0.2) is 11.8 Å². The van der Waals surface area contributed by atoms with Crippen molar-refractivity contribution >= 4 is 23.2 Å². The van der Waals surface area contributed by atoms with E-state index < -0.39 is 0 Å². The number of aryl methyl sites for hydroxylation is 2. The zero-order chi connectivity index (χ0) is 15.5. The average Bonchev–Trinajstić information content (AvgIpc) is 2.94. The van der Waals surface area contributed by atoms with Crippen LogP contribution in [0, 0.1) is 0 Å². The van der Waals surface area contributed by atoms with Crippen molar-refractivity contribution in [3.05, 3.63) is 59.2 Å². The smallest absolute Gasteiger partial charge is 0.255 e. The Morgan fingerprint density at radius 1 is 0.909 bits per heavy atom. The summed E-state index contributed by atoms with van der Waals surface area (Å²) >= 11 is 0. The van der Waals surface area contributed by atoms with Crippen molar-refractivity contribution < 1.29 is 9.59 Å². The van der Waals surface area contributed by atoms with E-state index in [0.717, 1.165) is 18.5 Å². The molecule has 2 aromatic carbocycles. The fourth-order valence-electron chi connectivity index (χ4n) is 2.79. The van der Waals surface area contributed by atoms with E-state index in [9.17, 15) is 9.59 Å². The fourth-order valence-corrected chi connectivity index (χ4v) is 2.79. The molecule has 1 aliphatic carbocycles. The lowest BCUT2D eigenvalue weighted by Gasteiger charge is -2.09. The minimum Gasteiger partial charge on any atom is -0.326 e. The van der Waals surface area contributed by atoms with Gasteiger partial charge in [0.2, 0.25) is 5.91 Å². The molecule has 2 amide bonds. The van der Waals surface area contributed by atoms with E-state index in [4.69, 9.17) is 0 Å². The molecule has 4 nitrogen and oxygen atoms in total. The van der Waals surface area contributed by atoms with Crippen LogP contribution < -0.4 is 10.6 Å². The van der Waals surface area contributed by atoms with Gasteiger partial charge in [-0.2, -0.15) is 0 Å². The van der Waals surface area contributed by atoms with Crippen LogP contribution in [0.2, 0.25) is 0 Å². The highest BCUT2D eigenvalue weighted by molar-refractivity contribution is 6.05. The minimum atomic E-state index is -0.176. The van der Waals surface area contributed by atoms with Crippen molar-refractivity contribution in [2.24, 2.45) is 0 Å². The fraction of sp³-hybridized carbons (Fsp3) is 0.222. The summed E-state index contributed by atoms with van der Waals surface area (Å²) in [5, 5.41) is 5.60. The molecule has 1 aliphatic rings. The molecule has 22 heavy (non-hydrogen) atoms. The second-order valence-electron chi connectivity index (χ2n) is 5.55. The van der Waals surface area contributed by atoms with Gasteiger partial charge in [-0.15, -0.1) is 0 Å². The molecule has 112 valence electrons. The minimum absolute atomic E-state index is 0.156. The van der Waals surface area contributed by atoms with Crippen LogP contribution in [0.3, 0.4) is 0 Å². The number of amides is 2. The molecule has 0 saturated carbocycles. The van der Waals surface area contributed by atoms with Gasteiger partial charge in [-0.05, 0) is 60.7 Å². The van der Waals surface area contributed by atoms with Crippen LogP contribution in [0.5, 0.6) is 0 Å². The van der Waals surface area contributed by atoms with Gasteiger partial charge in [0.15, 0.2) is 0 Å². The number of hydrogen-bond acceptors (Lipinski definition) is 2. The molecule has 0 saturated heterocycles. The Balaban J connectivity index is 1.75. The Bertz CT molecular complexity index is 738. The summed E-state index contributed by atoms with van der Waals surface area (Å²) in [6, 6.07) is 13.0. The van der Waals surface area contributed by atoms with E-state index in [1.165, 1.54) is 24.5 Å². The summed E-state index contributed by atoms with van der Waals surface area (Å²) in [4.78, 5) is 23.4. The zero-order valence-electron chi connectivity index (χ0n) is 12.5. The molecule has 3 rings (SSSR count). The quantitative estimate of drug-likeness (QED) is 0.911. The number of carbonyl (C=O) groups is 2. The Kier molecular flexibility index (Phi) is 3.92. The second-order valence-corrected chi connectivity index (χ2v) is 5.55. The molecule has 0 fully saturated rings. The van der Waals surface area contributed by atoms with Crippen molar-refractivity contribution in [3.8, 4) is 0 Å². The highest BCUT2D eigenvalue weighted by Crippen LogP contribution is 2.25. The molecular weight excluding hydrogens is 276 g/mol. The van der Waals surface area contributed by atoms with E-state index in [2.05, 4.69) is 22.8 Å². The summed E-state index contributed by atoms with van der Waals surface area (Å²) in [6.07, 6.45) is 3.39. The first-order valence-corrected chi connectivity index (χ1v) is 7.42. The van der Waals surface area contributed by atoms with Crippen LogP contribution in [0.15, 0.2) is 42.5 Å². The number of rotatable bonds is 3. The van der Waals surface area contributed by atoms with Crippen molar-refractivity contribution in [1.82, 2.24) is 0 Å². The van der Waals surface area contributed by atoms with E-state index >= 15 is 0 Å². The number of anilines is 2. The van der Waals surface area contributed by atoms with Crippen LogP contribution in [-0.2, 0) is 17.6 Å². The third-order valence-electron chi connectivity index (χ3n) is 3.80. The predicted molar refractivity (Wildman–Crippen MR) is 87.2 cm³/mol. The van der Waals surface area contributed by atoms with Crippen LogP contribution in [0.1, 0.15) is 34.8 Å². The monoisotopic (exact) mass is 294 g/mol. The number of fused-ring (bicyclic) bond motifs is 1. The van der Waals surface area contributed by atoms with Crippen molar-refractivity contribution in [1.29, 1.82) is 0 Å². The predicted octanol–water partition coefficient (Wildman–Crippen LogP) is 3.39. The Labute approximate surface area is 129 Å². The van der Waals surface area contributed by atoms with Crippen molar-refractivity contribution in [2.45, 2.75) is 26.2 Å². The second kappa shape index (κ2) is 6.02. The van der Waals surface area contributed by atoms with Gasteiger partial charge < -0.3 is 10.6 Å². The highest BCUT2D eigenvalue weighted by Gasteiger charge is 2.12. The van der Waals surface area contributed by atoms with Gasteiger partial charge in [-0.1, -0.05) is 12.1 Å². The summed E-state index contributed by atoms with van der Waals surface area (Å²) in [7, 11) is 0. The number of carbonyl (C=O) groups excluding carboxylic acids is 2. The molecule has 0 spiro atoms. The Morgan fingerprint density at radius 3 is 2.50 bits per heavy atom. The zero-order valence-corrected chi connectivity index (χ0v) is 12.5. The summed E-state index contributed by atoms with van der Waals surface area (Å²) in [5.41, 5.74) is 4.66. The highest BCUT2D eigenvalue weighted by atomic mass is 16.2. The average molecular weight is 294 g/mol. The molecule has 0 radical (unpaired) electrons. The molecule has 4 heteroatoms. The maximum absolute atomic E-state index is 12.3. The molecule has 0 aromatic heterocycles. The topological polar surface area (TPSA) is 58.2 Å². The molecule has 2 aromatic rings. The largest absolute Gasteiger partial charge is 0.326 e. The summed E-state index contributed by atoms with van der Waals surface area (Å²) in [6.45, 7) is 1.44. The normalized spacial score (nSPS) is 12.6. The van der Waals surface area contributed by atoms with E-state index in [0.29, 0.717) is 11.3 Å². The van der Waals surface area contributed by atoms with Gasteiger partial charge in [0, 0.05) is 23.9 Å². The number of benzene rings is 2. The van der Waals surface area contributed by atoms with E-state index in [1.54, 1.807) is 24.3 Å². The third kappa shape index (κ3) is 3.17. The first-order chi connectivity index (χ1) is 10.6. The van der Waals surface area contributed by atoms with Gasteiger partial charge in [0.1, 0.15) is 0 Å². The Morgan fingerprint density at radius 2 is 1.68 bits per heavy atom. The van der Waals surface area contributed by atoms with Gasteiger partial charge in [0.05, 0.1) is 0 Å². The third-order valence-corrected chi connectivity index (χ3v) is 3.80. The van der Waals surface area contributed by atoms with Gasteiger partial charge >= 0.3 is 0 Å². The molecular formula is C18H18N2O2. The maximum atomic E-state index is 12.3. The maximum Gasteiger partial charge on any atom is 0.255 e. The first kappa shape index (κ1) is 14.3.